The van der Waals surface area contributed by atoms with Gasteiger partial charge in [0.05, 0.1) is 10.6 Å². The van der Waals surface area contributed by atoms with E-state index in [1.54, 1.807) is 0 Å². The molecule has 2 aromatic rings. The van der Waals surface area contributed by atoms with Crippen LogP contribution in [0.5, 0.6) is 0 Å². The van der Waals surface area contributed by atoms with Gasteiger partial charge < -0.3 is 5.32 Å². The number of nitrogens with one attached hydrogen (secondary N) is 1. The van der Waals surface area contributed by atoms with Crippen LogP contribution in [0.1, 0.15) is 5.56 Å². The highest BCUT2D eigenvalue weighted by atomic mass is 19.1. The Labute approximate surface area is 124 Å². The van der Waals surface area contributed by atoms with E-state index in [1.807, 2.05) is 0 Å². The van der Waals surface area contributed by atoms with E-state index >= 15 is 0 Å². The van der Waals surface area contributed by atoms with Gasteiger partial charge in [0, 0.05) is 24.3 Å². The molecule has 0 saturated carbocycles. The zero-order chi connectivity index (χ0) is 16.1. The van der Waals surface area contributed by atoms with Crippen molar-refractivity contribution in [1.29, 1.82) is 0 Å². The molecule has 22 heavy (non-hydrogen) atoms. The summed E-state index contributed by atoms with van der Waals surface area (Å²) in [6, 6.07) is 8.23. The highest BCUT2D eigenvalue weighted by Gasteiger charge is 2.06. The minimum atomic E-state index is -0.751. The largest absolute Gasteiger partial charge is 0.320 e. The number of hydrogen-bond donors (Lipinski definition) is 1. The molecule has 7 heteroatoms. The van der Waals surface area contributed by atoms with Crippen LogP contribution in [-0.2, 0) is 4.79 Å². The first-order valence-electron chi connectivity index (χ1n) is 6.14. The fourth-order valence-corrected chi connectivity index (χ4v) is 1.65. The standard InChI is InChI=1S/C15H10F2N2O3/c16-11-4-7-13(17)14(9-11)18-15(20)8-3-10-1-5-12(6-2-10)19(21)22/h1-9H,(H,18,20)/b8-3+. The van der Waals surface area contributed by atoms with E-state index in [9.17, 15) is 23.7 Å². The van der Waals surface area contributed by atoms with Crippen molar-refractivity contribution in [3.05, 3.63) is 75.9 Å². The van der Waals surface area contributed by atoms with E-state index in [-0.39, 0.29) is 11.4 Å². The molecule has 0 bridgehead atoms. The number of non-ortho nitro benzene ring substituents is 1. The van der Waals surface area contributed by atoms with Crippen molar-refractivity contribution in [3.8, 4) is 0 Å². The van der Waals surface area contributed by atoms with Crippen molar-refractivity contribution in [2.75, 3.05) is 5.32 Å². The lowest BCUT2D eigenvalue weighted by molar-refractivity contribution is -0.384. The fraction of sp³-hybridized carbons (Fsp3) is 0. The zero-order valence-electron chi connectivity index (χ0n) is 11.1. The number of anilines is 1. The smallest absolute Gasteiger partial charge is 0.269 e. The lowest BCUT2D eigenvalue weighted by atomic mass is 10.2. The molecule has 0 aliphatic carbocycles. The van der Waals surface area contributed by atoms with Crippen LogP contribution < -0.4 is 5.32 Å². The number of amides is 1. The molecule has 0 spiro atoms. The topological polar surface area (TPSA) is 72.2 Å². The number of carbonyl (C=O) groups excluding carboxylic acids is 1. The molecule has 0 aliphatic heterocycles. The van der Waals surface area contributed by atoms with Crippen LogP contribution >= 0.6 is 0 Å². The summed E-state index contributed by atoms with van der Waals surface area (Å²) in [6.07, 6.45) is 2.52. The van der Waals surface area contributed by atoms with Gasteiger partial charge in [-0.3, -0.25) is 14.9 Å². The fourth-order valence-electron chi connectivity index (χ4n) is 1.65. The van der Waals surface area contributed by atoms with Gasteiger partial charge in [0.25, 0.3) is 5.69 Å². The van der Waals surface area contributed by atoms with Gasteiger partial charge in [-0.05, 0) is 35.9 Å². The van der Waals surface area contributed by atoms with Crippen LogP contribution in [0.2, 0.25) is 0 Å². The highest BCUT2D eigenvalue weighted by Crippen LogP contribution is 2.16. The quantitative estimate of drug-likeness (QED) is 0.533. The van der Waals surface area contributed by atoms with Crippen LogP contribution in [0.3, 0.4) is 0 Å². The van der Waals surface area contributed by atoms with Crippen LogP contribution in [0.4, 0.5) is 20.2 Å². The monoisotopic (exact) mass is 304 g/mol. The molecule has 1 N–H and O–H groups in total. The Morgan fingerprint density at radius 3 is 2.45 bits per heavy atom. The van der Waals surface area contributed by atoms with Crippen LogP contribution in [0.15, 0.2) is 48.5 Å². The summed E-state index contributed by atoms with van der Waals surface area (Å²) in [5.74, 6) is -2.07. The minimum absolute atomic E-state index is 0.0663. The van der Waals surface area contributed by atoms with Gasteiger partial charge in [-0.1, -0.05) is 0 Å². The number of hydrogen-bond acceptors (Lipinski definition) is 3. The highest BCUT2D eigenvalue weighted by molar-refractivity contribution is 6.02. The number of nitrogens with zero attached hydrogens (tertiary/aromatic N) is 1. The normalized spacial score (nSPS) is 10.6. The van der Waals surface area contributed by atoms with Gasteiger partial charge in [0.15, 0.2) is 0 Å². The Bertz CT molecular complexity index is 743. The second-order valence-electron chi connectivity index (χ2n) is 4.30. The molecule has 112 valence electrons. The molecule has 0 aromatic heterocycles. The summed E-state index contributed by atoms with van der Waals surface area (Å²) >= 11 is 0. The van der Waals surface area contributed by atoms with Gasteiger partial charge in [-0.2, -0.15) is 0 Å². The van der Waals surface area contributed by atoms with Gasteiger partial charge in [-0.15, -0.1) is 0 Å². The van der Waals surface area contributed by atoms with E-state index in [2.05, 4.69) is 5.32 Å². The molecule has 0 fully saturated rings. The number of nitro benzene ring substituents is 1. The Hall–Kier alpha value is -3.09. The van der Waals surface area contributed by atoms with Gasteiger partial charge in [-0.25, -0.2) is 8.78 Å². The van der Waals surface area contributed by atoms with E-state index in [4.69, 9.17) is 0 Å². The summed E-state index contributed by atoms with van der Waals surface area (Å²) in [6.45, 7) is 0. The van der Waals surface area contributed by atoms with Crippen LogP contribution in [0, 0.1) is 21.7 Å². The van der Waals surface area contributed by atoms with Crippen molar-refractivity contribution in [1.82, 2.24) is 0 Å². The van der Waals surface area contributed by atoms with Crippen molar-refractivity contribution in [2.45, 2.75) is 0 Å². The lowest BCUT2D eigenvalue weighted by Crippen LogP contribution is -2.09. The molecule has 0 aliphatic rings. The molecule has 2 rings (SSSR count). The molecular formula is C15H10F2N2O3. The van der Waals surface area contributed by atoms with Crippen molar-refractivity contribution >= 4 is 23.4 Å². The first-order chi connectivity index (χ1) is 10.5. The molecule has 0 atom stereocenters. The minimum Gasteiger partial charge on any atom is -0.320 e. The van der Waals surface area contributed by atoms with Crippen LogP contribution in [0.25, 0.3) is 6.08 Å². The Kier molecular flexibility index (Phi) is 4.57. The molecule has 0 heterocycles. The average molecular weight is 304 g/mol. The second-order valence-corrected chi connectivity index (χ2v) is 4.30. The predicted octanol–water partition coefficient (Wildman–Crippen LogP) is 3.52. The van der Waals surface area contributed by atoms with Crippen molar-refractivity contribution < 1.29 is 18.5 Å². The first kappa shape index (κ1) is 15.3. The summed E-state index contributed by atoms with van der Waals surface area (Å²) in [7, 11) is 0. The number of benzene rings is 2. The van der Waals surface area contributed by atoms with Gasteiger partial charge >= 0.3 is 0 Å². The number of rotatable bonds is 4. The lowest BCUT2D eigenvalue weighted by Gasteiger charge is -2.03. The van der Waals surface area contributed by atoms with Gasteiger partial charge in [0.2, 0.25) is 5.91 Å². The van der Waals surface area contributed by atoms with E-state index < -0.39 is 22.5 Å². The molecule has 5 nitrogen and oxygen atoms in total. The van der Waals surface area contributed by atoms with Crippen molar-refractivity contribution in [2.24, 2.45) is 0 Å². The summed E-state index contributed by atoms with van der Waals surface area (Å²) in [5, 5.41) is 12.7. The summed E-state index contributed by atoms with van der Waals surface area (Å²) in [4.78, 5) is 21.6. The summed E-state index contributed by atoms with van der Waals surface area (Å²) in [5.41, 5.74) is 0.224. The van der Waals surface area contributed by atoms with Crippen molar-refractivity contribution in [3.63, 3.8) is 0 Å². The van der Waals surface area contributed by atoms with Crippen LogP contribution in [-0.4, -0.2) is 10.8 Å². The molecule has 0 radical (unpaired) electrons. The second kappa shape index (κ2) is 6.57. The number of nitro groups is 1. The SMILES string of the molecule is O=C(/C=C/c1ccc([N+](=O)[O-])cc1)Nc1cc(F)ccc1F. The molecule has 2 aromatic carbocycles. The molecular weight excluding hydrogens is 294 g/mol. The maximum absolute atomic E-state index is 13.3. The summed E-state index contributed by atoms with van der Waals surface area (Å²) < 4.78 is 26.3. The Morgan fingerprint density at radius 2 is 1.82 bits per heavy atom. The predicted molar refractivity (Wildman–Crippen MR) is 77.1 cm³/mol. The van der Waals surface area contributed by atoms with E-state index in [0.717, 1.165) is 24.3 Å². The third-order valence-electron chi connectivity index (χ3n) is 2.72. The molecule has 0 saturated heterocycles. The zero-order valence-corrected chi connectivity index (χ0v) is 11.1. The first-order valence-corrected chi connectivity index (χ1v) is 6.14. The van der Waals surface area contributed by atoms with E-state index in [1.165, 1.54) is 30.3 Å². The Balaban J connectivity index is 2.05. The third kappa shape index (κ3) is 3.95. The van der Waals surface area contributed by atoms with Gasteiger partial charge in [0.1, 0.15) is 11.6 Å². The molecule has 0 unspecified atom stereocenters. The maximum atomic E-state index is 13.3. The maximum Gasteiger partial charge on any atom is 0.269 e. The third-order valence-corrected chi connectivity index (χ3v) is 2.72. The average Bonchev–Trinajstić information content (AvgIpc) is 2.49. The van der Waals surface area contributed by atoms with E-state index in [0.29, 0.717) is 5.56 Å². The number of halogens is 2. The number of carbonyl (C=O) groups is 1. The Morgan fingerprint density at radius 1 is 1.14 bits per heavy atom. The molecule has 1 amide bonds.